The Balaban J connectivity index is 1.45. The van der Waals surface area contributed by atoms with Gasteiger partial charge in [0.15, 0.2) is 0 Å². The fraction of sp³-hybridized carbons (Fsp3) is 0.150. The van der Waals surface area contributed by atoms with Gasteiger partial charge in [-0.1, -0.05) is 59.8 Å². The summed E-state index contributed by atoms with van der Waals surface area (Å²) in [6, 6.07) is 21.6. The summed E-state index contributed by atoms with van der Waals surface area (Å²) in [7, 11) is 0. The number of carbonyl (C=O) groups excluding carboxylic acids is 1. The SMILES string of the molecule is Cc1ccc(NC(=O)CSc2ccc(NCc3ccccc3)nn2)cc1. The van der Waals surface area contributed by atoms with Gasteiger partial charge in [-0.05, 0) is 36.8 Å². The van der Waals surface area contributed by atoms with Crippen molar-refractivity contribution >= 4 is 29.2 Å². The molecule has 0 fully saturated rings. The molecule has 0 radical (unpaired) electrons. The highest BCUT2D eigenvalue weighted by atomic mass is 32.2. The summed E-state index contributed by atoms with van der Waals surface area (Å²) < 4.78 is 0. The van der Waals surface area contributed by atoms with E-state index in [9.17, 15) is 4.79 Å². The summed E-state index contributed by atoms with van der Waals surface area (Å²) in [5.74, 6) is 0.938. The molecule has 1 aromatic heterocycles. The summed E-state index contributed by atoms with van der Waals surface area (Å²) in [5.41, 5.74) is 3.14. The van der Waals surface area contributed by atoms with Gasteiger partial charge in [-0.3, -0.25) is 4.79 Å². The molecule has 0 aliphatic rings. The topological polar surface area (TPSA) is 66.9 Å². The molecule has 0 saturated carbocycles. The van der Waals surface area contributed by atoms with E-state index in [0.29, 0.717) is 23.1 Å². The van der Waals surface area contributed by atoms with Gasteiger partial charge in [0.2, 0.25) is 5.91 Å². The molecule has 0 bridgehead atoms. The van der Waals surface area contributed by atoms with Crippen molar-refractivity contribution in [1.82, 2.24) is 10.2 Å². The highest BCUT2D eigenvalue weighted by Gasteiger charge is 2.05. The quantitative estimate of drug-likeness (QED) is 0.617. The van der Waals surface area contributed by atoms with Crippen LogP contribution >= 0.6 is 11.8 Å². The van der Waals surface area contributed by atoms with Crippen molar-refractivity contribution in [2.75, 3.05) is 16.4 Å². The second-order valence-corrected chi connectivity index (χ2v) is 6.79. The first-order valence-corrected chi connectivity index (χ1v) is 9.28. The number of benzene rings is 2. The van der Waals surface area contributed by atoms with Crippen LogP contribution in [-0.2, 0) is 11.3 Å². The summed E-state index contributed by atoms with van der Waals surface area (Å²) in [4.78, 5) is 12.0. The fourth-order valence-corrected chi connectivity index (χ4v) is 2.87. The molecule has 0 aliphatic heterocycles. The maximum absolute atomic E-state index is 12.0. The second-order valence-electron chi connectivity index (χ2n) is 5.80. The lowest BCUT2D eigenvalue weighted by atomic mass is 10.2. The summed E-state index contributed by atoms with van der Waals surface area (Å²) >= 11 is 1.36. The lowest BCUT2D eigenvalue weighted by Gasteiger charge is -2.06. The van der Waals surface area contributed by atoms with E-state index in [1.807, 2.05) is 61.5 Å². The summed E-state index contributed by atoms with van der Waals surface area (Å²) in [6.45, 7) is 2.71. The Morgan fingerprint density at radius 3 is 2.42 bits per heavy atom. The highest BCUT2D eigenvalue weighted by molar-refractivity contribution is 7.99. The van der Waals surface area contributed by atoms with Crippen molar-refractivity contribution in [3.8, 4) is 0 Å². The monoisotopic (exact) mass is 364 g/mol. The standard InChI is InChI=1S/C20H20N4OS/c1-15-7-9-17(10-8-15)22-19(25)14-26-20-12-11-18(23-24-20)21-13-16-5-3-2-4-6-16/h2-12H,13-14H2,1H3,(H,21,23)(H,22,25). The molecular formula is C20H20N4OS. The van der Waals surface area contributed by atoms with Crippen LogP contribution in [0.15, 0.2) is 71.8 Å². The van der Waals surface area contributed by atoms with Crippen molar-refractivity contribution in [2.45, 2.75) is 18.5 Å². The van der Waals surface area contributed by atoms with Crippen LogP contribution in [0.4, 0.5) is 11.5 Å². The Hall–Kier alpha value is -2.86. The number of nitrogens with one attached hydrogen (secondary N) is 2. The molecule has 1 heterocycles. The van der Waals surface area contributed by atoms with Gasteiger partial charge in [-0.2, -0.15) is 0 Å². The van der Waals surface area contributed by atoms with Gasteiger partial charge in [0.05, 0.1) is 5.75 Å². The van der Waals surface area contributed by atoms with Gasteiger partial charge in [-0.25, -0.2) is 0 Å². The first kappa shape index (κ1) is 17.9. The molecule has 1 amide bonds. The van der Waals surface area contributed by atoms with Crippen LogP contribution in [0, 0.1) is 6.92 Å². The zero-order valence-corrected chi connectivity index (χ0v) is 15.3. The lowest BCUT2D eigenvalue weighted by molar-refractivity contribution is -0.113. The predicted molar refractivity (Wildman–Crippen MR) is 106 cm³/mol. The molecule has 3 rings (SSSR count). The third-order valence-electron chi connectivity index (χ3n) is 3.64. The van der Waals surface area contributed by atoms with Gasteiger partial charge in [0.1, 0.15) is 10.8 Å². The Morgan fingerprint density at radius 2 is 1.73 bits per heavy atom. The van der Waals surface area contributed by atoms with E-state index < -0.39 is 0 Å². The van der Waals surface area contributed by atoms with E-state index >= 15 is 0 Å². The van der Waals surface area contributed by atoms with E-state index in [2.05, 4.69) is 33.0 Å². The largest absolute Gasteiger partial charge is 0.365 e. The number of hydrogen-bond donors (Lipinski definition) is 2. The summed E-state index contributed by atoms with van der Waals surface area (Å²) in [6.07, 6.45) is 0. The number of nitrogens with zero attached hydrogens (tertiary/aromatic N) is 2. The number of rotatable bonds is 7. The van der Waals surface area contributed by atoms with Gasteiger partial charge < -0.3 is 10.6 Å². The highest BCUT2D eigenvalue weighted by Crippen LogP contribution is 2.17. The van der Waals surface area contributed by atoms with E-state index in [4.69, 9.17) is 0 Å². The third-order valence-corrected chi connectivity index (χ3v) is 4.56. The Bertz CT molecular complexity index is 836. The van der Waals surface area contributed by atoms with Crippen LogP contribution in [0.5, 0.6) is 0 Å². The van der Waals surface area contributed by atoms with Gasteiger partial charge in [0.25, 0.3) is 0 Å². The number of carbonyl (C=O) groups is 1. The van der Waals surface area contributed by atoms with Crippen LogP contribution in [0.2, 0.25) is 0 Å². The van der Waals surface area contributed by atoms with Crippen LogP contribution < -0.4 is 10.6 Å². The zero-order valence-electron chi connectivity index (χ0n) is 14.5. The molecule has 2 N–H and O–H groups in total. The molecule has 0 saturated heterocycles. The van der Waals surface area contributed by atoms with Crippen LogP contribution in [0.25, 0.3) is 0 Å². The molecule has 0 atom stereocenters. The zero-order chi connectivity index (χ0) is 18.2. The molecule has 6 heteroatoms. The average molecular weight is 364 g/mol. The number of hydrogen-bond acceptors (Lipinski definition) is 5. The molecule has 2 aromatic carbocycles. The first-order chi connectivity index (χ1) is 12.7. The number of aromatic nitrogens is 2. The van der Waals surface area contributed by atoms with Crippen LogP contribution in [0.3, 0.4) is 0 Å². The van der Waals surface area contributed by atoms with Crippen LogP contribution in [-0.4, -0.2) is 21.9 Å². The number of anilines is 2. The van der Waals surface area contributed by atoms with E-state index in [1.54, 1.807) is 0 Å². The smallest absolute Gasteiger partial charge is 0.234 e. The number of amides is 1. The maximum Gasteiger partial charge on any atom is 0.234 e. The van der Waals surface area contributed by atoms with E-state index in [-0.39, 0.29) is 5.91 Å². The van der Waals surface area contributed by atoms with E-state index in [1.165, 1.54) is 17.3 Å². The number of thioether (sulfide) groups is 1. The molecule has 3 aromatic rings. The Kier molecular flexibility index (Phi) is 6.22. The molecule has 0 spiro atoms. The fourth-order valence-electron chi connectivity index (χ4n) is 2.25. The first-order valence-electron chi connectivity index (χ1n) is 8.30. The molecule has 0 unspecified atom stereocenters. The molecule has 0 aliphatic carbocycles. The van der Waals surface area contributed by atoms with E-state index in [0.717, 1.165) is 11.3 Å². The maximum atomic E-state index is 12.0. The van der Waals surface area contributed by atoms with Crippen molar-refractivity contribution in [3.63, 3.8) is 0 Å². The van der Waals surface area contributed by atoms with Crippen molar-refractivity contribution in [3.05, 3.63) is 77.9 Å². The molecular weight excluding hydrogens is 344 g/mol. The number of aryl methyl sites for hydroxylation is 1. The summed E-state index contributed by atoms with van der Waals surface area (Å²) in [5, 5.41) is 15.1. The molecule has 132 valence electrons. The van der Waals surface area contributed by atoms with Gasteiger partial charge in [-0.15, -0.1) is 10.2 Å². The van der Waals surface area contributed by atoms with Crippen molar-refractivity contribution in [2.24, 2.45) is 0 Å². The average Bonchev–Trinajstić information content (AvgIpc) is 2.68. The third kappa shape index (κ3) is 5.60. The molecule has 5 nitrogen and oxygen atoms in total. The van der Waals surface area contributed by atoms with Gasteiger partial charge in [0, 0.05) is 12.2 Å². The lowest BCUT2D eigenvalue weighted by Crippen LogP contribution is -2.14. The van der Waals surface area contributed by atoms with Crippen LogP contribution in [0.1, 0.15) is 11.1 Å². The minimum atomic E-state index is -0.0630. The Labute approximate surface area is 157 Å². The predicted octanol–water partition coefficient (Wildman–Crippen LogP) is 4.13. The minimum Gasteiger partial charge on any atom is -0.365 e. The van der Waals surface area contributed by atoms with Crippen molar-refractivity contribution in [1.29, 1.82) is 0 Å². The normalized spacial score (nSPS) is 10.3. The van der Waals surface area contributed by atoms with Crippen molar-refractivity contribution < 1.29 is 4.79 Å². The molecule has 26 heavy (non-hydrogen) atoms. The Morgan fingerprint density at radius 1 is 0.962 bits per heavy atom. The minimum absolute atomic E-state index is 0.0630. The second kappa shape index (κ2) is 9.01. The van der Waals surface area contributed by atoms with Gasteiger partial charge >= 0.3 is 0 Å².